The molecule has 0 atom stereocenters. The molecule has 0 fully saturated rings. The monoisotopic (exact) mass is 296 g/mol. The van der Waals surface area contributed by atoms with E-state index in [1.165, 1.54) is 6.20 Å². The smallest absolute Gasteiger partial charge is 0.277 e. The predicted octanol–water partition coefficient (Wildman–Crippen LogP) is 3.08. The fourth-order valence-electron chi connectivity index (χ4n) is 1.37. The molecular weight excluding hydrogens is 287 g/mol. The van der Waals surface area contributed by atoms with Crippen LogP contribution in [0, 0.1) is 0 Å². The Morgan fingerprint density at radius 1 is 1.16 bits per heavy atom. The van der Waals surface area contributed by atoms with E-state index in [-0.39, 0.29) is 10.7 Å². The van der Waals surface area contributed by atoms with E-state index in [9.17, 15) is 4.79 Å². The van der Waals surface area contributed by atoms with Crippen molar-refractivity contribution in [1.82, 2.24) is 9.97 Å². The van der Waals surface area contributed by atoms with Gasteiger partial charge in [0.2, 0.25) is 0 Å². The third-order valence-electron chi connectivity index (χ3n) is 2.29. The fourth-order valence-corrected chi connectivity index (χ4v) is 1.67. The van der Waals surface area contributed by atoms with Gasteiger partial charge in [-0.3, -0.25) is 4.79 Å². The molecule has 0 aliphatic rings. The summed E-state index contributed by atoms with van der Waals surface area (Å²) in [6.45, 7) is 0. The third-order valence-corrected chi connectivity index (χ3v) is 2.81. The minimum atomic E-state index is -0.433. The van der Waals surface area contributed by atoms with Crippen molar-refractivity contribution in [2.45, 2.75) is 0 Å². The molecule has 0 saturated heterocycles. The third kappa shape index (κ3) is 3.33. The molecule has 5 nitrogen and oxygen atoms in total. The quantitative estimate of drug-likeness (QED) is 0.913. The maximum atomic E-state index is 12.0. The van der Waals surface area contributed by atoms with Gasteiger partial charge >= 0.3 is 0 Å². The molecule has 98 valence electrons. The van der Waals surface area contributed by atoms with E-state index < -0.39 is 5.91 Å². The molecule has 0 unspecified atom stereocenters. The van der Waals surface area contributed by atoms with E-state index in [0.717, 1.165) is 0 Å². The first-order valence-electron chi connectivity index (χ1n) is 5.37. The summed E-state index contributed by atoms with van der Waals surface area (Å²) >= 11 is 11.7. The minimum absolute atomic E-state index is 0.130. The van der Waals surface area contributed by atoms with Gasteiger partial charge in [-0.2, -0.15) is 0 Å². The van der Waals surface area contributed by atoms with Gasteiger partial charge in [0.15, 0.2) is 0 Å². The number of aromatic nitrogens is 2. The first-order valence-corrected chi connectivity index (χ1v) is 6.13. The summed E-state index contributed by atoms with van der Waals surface area (Å²) in [6, 6.07) is 6.50. The number of rotatable bonds is 3. The molecule has 0 radical (unpaired) electrons. The molecule has 0 spiro atoms. The highest BCUT2D eigenvalue weighted by atomic mass is 35.5. The molecule has 2 N–H and O–H groups in total. The first-order chi connectivity index (χ1) is 9.10. The SMILES string of the molecule is CNc1ccc(Cl)c(C(=O)Nc2ccc(Cl)cn2)n1. The zero-order chi connectivity index (χ0) is 13.8. The molecule has 0 aliphatic carbocycles. The van der Waals surface area contributed by atoms with Gasteiger partial charge in [0, 0.05) is 13.2 Å². The Kier molecular flexibility index (Phi) is 4.19. The largest absolute Gasteiger partial charge is 0.373 e. The van der Waals surface area contributed by atoms with Crippen LogP contribution in [0.15, 0.2) is 30.5 Å². The lowest BCUT2D eigenvalue weighted by atomic mass is 10.3. The van der Waals surface area contributed by atoms with Gasteiger partial charge < -0.3 is 10.6 Å². The van der Waals surface area contributed by atoms with E-state index in [1.807, 2.05) is 0 Å². The van der Waals surface area contributed by atoms with Crippen molar-refractivity contribution in [3.8, 4) is 0 Å². The van der Waals surface area contributed by atoms with E-state index >= 15 is 0 Å². The van der Waals surface area contributed by atoms with Crippen LogP contribution in [0.5, 0.6) is 0 Å². The number of carbonyl (C=O) groups is 1. The van der Waals surface area contributed by atoms with Crippen molar-refractivity contribution in [3.05, 3.63) is 46.2 Å². The first kappa shape index (κ1) is 13.6. The van der Waals surface area contributed by atoms with Crippen LogP contribution in [0.25, 0.3) is 0 Å². The number of halogens is 2. The van der Waals surface area contributed by atoms with E-state index in [4.69, 9.17) is 23.2 Å². The Bertz CT molecular complexity index is 601. The highest BCUT2D eigenvalue weighted by Crippen LogP contribution is 2.18. The second-order valence-electron chi connectivity index (χ2n) is 3.59. The van der Waals surface area contributed by atoms with Crippen LogP contribution in [0.2, 0.25) is 10.0 Å². The highest BCUT2D eigenvalue weighted by Gasteiger charge is 2.13. The van der Waals surface area contributed by atoms with Gasteiger partial charge in [-0.1, -0.05) is 23.2 Å². The molecule has 0 aliphatic heterocycles. The Balaban J connectivity index is 2.22. The van der Waals surface area contributed by atoms with Crippen LogP contribution in [0.1, 0.15) is 10.5 Å². The van der Waals surface area contributed by atoms with Gasteiger partial charge in [0.25, 0.3) is 5.91 Å². The van der Waals surface area contributed by atoms with Gasteiger partial charge in [0.1, 0.15) is 17.3 Å². The van der Waals surface area contributed by atoms with Crippen molar-refractivity contribution in [1.29, 1.82) is 0 Å². The van der Waals surface area contributed by atoms with Crippen molar-refractivity contribution >= 4 is 40.7 Å². The molecule has 7 heteroatoms. The van der Waals surface area contributed by atoms with Crippen molar-refractivity contribution < 1.29 is 4.79 Å². The van der Waals surface area contributed by atoms with Crippen LogP contribution in [-0.4, -0.2) is 22.9 Å². The highest BCUT2D eigenvalue weighted by molar-refractivity contribution is 6.34. The normalized spacial score (nSPS) is 10.1. The molecule has 2 heterocycles. The number of amides is 1. The summed E-state index contributed by atoms with van der Waals surface area (Å²) in [5.41, 5.74) is 0.130. The number of hydrogen-bond donors (Lipinski definition) is 2. The van der Waals surface area contributed by atoms with Gasteiger partial charge in [0.05, 0.1) is 10.0 Å². The molecule has 2 aromatic heterocycles. The molecule has 1 amide bonds. The van der Waals surface area contributed by atoms with Crippen molar-refractivity contribution in [2.75, 3.05) is 17.7 Å². The topological polar surface area (TPSA) is 66.9 Å². The average molecular weight is 297 g/mol. The van der Waals surface area contributed by atoms with E-state index in [0.29, 0.717) is 16.7 Å². The molecule has 0 saturated carbocycles. The average Bonchev–Trinajstić information content (AvgIpc) is 2.42. The molecule has 19 heavy (non-hydrogen) atoms. The molecule has 2 aromatic rings. The zero-order valence-corrected chi connectivity index (χ0v) is 11.5. The number of pyridine rings is 2. The number of nitrogens with one attached hydrogen (secondary N) is 2. The Hall–Kier alpha value is -1.85. The van der Waals surface area contributed by atoms with Gasteiger partial charge in [-0.05, 0) is 24.3 Å². The number of nitrogens with zero attached hydrogens (tertiary/aromatic N) is 2. The zero-order valence-electron chi connectivity index (χ0n) is 9.95. The minimum Gasteiger partial charge on any atom is -0.373 e. The Morgan fingerprint density at radius 3 is 2.53 bits per heavy atom. The molecule has 2 rings (SSSR count). The number of anilines is 2. The molecular formula is C12H10Cl2N4O. The van der Waals surface area contributed by atoms with Crippen LogP contribution >= 0.6 is 23.2 Å². The Morgan fingerprint density at radius 2 is 1.89 bits per heavy atom. The second kappa shape index (κ2) is 5.86. The van der Waals surface area contributed by atoms with Crippen molar-refractivity contribution in [3.63, 3.8) is 0 Å². The lowest BCUT2D eigenvalue weighted by molar-refractivity contribution is 0.102. The van der Waals surface area contributed by atoms with E-state index in [2.05, 4.69) is 20.6 Å². The summed E-state index contributed by atoms with van der Waals surface area (Å²) in [5, 5.41) is 6.19. The van der Waals surface area contributed by atoms with Crippen LogP contribution in [-0.2, 0) is 0 Å². The summed E-state index contributed by atoms with van der Waals surface area (Å²) < 4.78 is 0. The Labute approximate surface area is 120 Å². The van der Waals surface area contributed by atoms with Crippen LogP contribution in [0.4, 0.5) is 11.6 Å². The van der Waals surface area contributed by atoms with Crippen molar-refractivity contribution in [2.24, 2.45) is 0 Å². The number of carbonyl (C=O) groups excluding carboxylic acids is 1. The lowest BCUT2D eigenvalue weighted by Crippen LogP contribution is -2.15. The fraction of sp³-hybridized carbons (Fsp3) is 0.0833. The summed E-state index contributed by atoms with van der Waals surface area (Å²) in [6.07, 6.45) is 1.44. The maximum Gasteiger partial charge on any atom is 0.277 e. The summed E-state index contributed by atoms with van der Waals surface area (Å²) in [5.74, 6) is 0.498. The van der Waals surface area contributed by atoms with Gasteiger partial charge in [-0.25, -0.2) is 9.97 Å². The second-order valence-corrected chi connectivity index (χ2v) is 4.44. The standard InChI is InChI=1S/C12H10Cl2N4O/c1-15-9-5-3-8(14)11(17-9)12(19)18-10-4-2-7(13)6-16-10/h2-6H,1H3,(H,15,17)(H,16,18,19). The predicted molar refractivity (Wildman–Crippen MR) is 76.0 cm³/mol. The lowest BCUT2D eigenvalue weighted by Gasteiger charge is -2.07. The number of hydrogen-bond acceptors (Lipinski definition) is 4. The molecule has 0 bridgehead atoms. The van der Waals surface area contributed by atoms with Crippen LogP contribution in [0.3, 0.4) is 0 Å². The van der Waals surface area contributed by atoms with E-state index in [1.54, 1.807) is 31.3 Å². The summed E-state index contributed by atoms with van der Waals surface area (Å²) in [4.78, 5) is 20.1. The van der Waals surface area contributed by atoms with Crippen LogP contribution < -0.4 is 10.6 Å². The molecule has 0 aromatic carbocycles. The van der Waals surface area contributed by atoms with Gasteiger partial charge in [-0.15, -0.1) is 0 Å². The maximum absolute atomic E-state index is 12.0. The summed E-state index contributed by atoms with van der Waals surface area (Å²) in [7, 11) is 1.71.